The van der Waals surface area contributed by atoms with E-state index in [0.29, 0.717) is 24.4 Å². The van der Waals surface area contributed by atoms with Crippen LogP contribution in [0.15, 0.2) is 24.3 Å². The summed E-state index contributed by atoms with van der Waals surface area (Å²) in [5.74, 6) is 0.611. The quantitative estimate of drug-likeness (QED) is 0.420. The predicted molar refractivity (Wildman–Crippen MR) is 121 cm³/mol. The van der Waals surface area contributed by atoms with Gasteiger partial charge in [-0.15, -0.1) is 0 Å². The van der Waals surface area contributed by atoms with Crippen molar-refractivity contribution in [2.24, 2.45) is 0 Å². The number of carbonyl (C=O) groups excluding carboxylic acids is 2. The lowest BCUT2D eigenvalue weighted by molar-refractivity contribution is -0.115. The van der Waals surface area contributed by atoms with Crippen LogP contribution in [0.5, 0.6) is 0 Å². The first-order valence-electron chi connectivity index (χ1n) is 12.2. The summed E-state index contributed by atoms with van der Waals surface area (Å²) in [6.07, 6.45) is 31.0. The third-order valence-corrected chi connectivity index (χ3v) is 5.70. The van der Waals surface area contributed by atoms with Crippen molar-refractivity contribution < 1.29 is 9.59 Å². The summed E-state index contributed by atoms with van der Waals surface area (Å²) in [6, 6.07) is 0. The second-order valence-corrected chi connectivity index (χ2v) is 8.47. The Morgan fingerprint density at radius 2 is 0.679 bits per heavy atom. The summed E-state index contributed by atoms with van der Waals surface area (Å²) in [7, 11) is 0. The van der Waals surface area contributed by atoms with E-state index in [4.69, 9.17) is 0 Å². The second-order valence-electron chi connectivity index (χ2n) is 8.47. The van der Waals surface area contributed by atoms with E-state index in [9.17, 15) is 9.59 Å². The molecule has 0 spiro atoms. The Hall–Kier alpha value is -1.18. The molecule has 0 fully saturated rings. The number of hydrogen-bond acceptors (Lipinski definition) is 2. The molecule has 0 amide bonds. The predicted octanol–water partition coefficient (Wildman–Crippen LogP) is 8.05. The number of ketones is 2. The number of allylic oxidation sites excluding steroid dienone is 4. The van der Waals surface area contributed by atoms with Crippen molar-refractivity contribution >= 4 is 11.6 Å². The van der Waals surface area contributed by atoms with E-state index in [1.165, 1.54) is 89.9 Å². The first-order chi connectivity index (χ1) is 13.8. The van der Waals surface area contributed by atoms with Gasteiger partial charge in [0.15, 0.2) is 11.6 Å². The lowest BCUT2D eigenvalue weighted by Gasteiger charge is -2.02. The fraction of sp³-hybridized carbons (Fsp3) is 0.769. The third-order valence-electron chi connectivity index (χ3n) is 5.70. The minimum Gasteiger partial charge on any atom is -0.295 e. The molecule has 0 aliphatic heterocycles. The van der Waals surface area contributed by atoms with Gasteiger partial charge >= 0.3 is 0 Å². The van der Waals surface area contributed by atoms with Gasteiger partial charge in [-0.05, 0) is 50.7 Å². The minimum atomic E-state index is 0.306. The van der Waals surface area contributed by atoms with Gasteiger partial charge in [0.05, 0.1) is 0 Å². The van der Waals surface area contributed by atoms with Crippen molar-refractivity contribution in [1.29, 1.82) is 0 Å². The van der Waals surface area contributed by atoms with E-state index in [-0.39, 0.29) is 0 Å². The number of carbonyl (C=O) groups is 2. The van der Waals surface area contributed by atoms with Gasteiger partial charge < -0.3 is 0 Å². The SMILES string of the molecule is O=C1/C=C\CCCCCCCCCC/C=C\C(=O)CCCCCCCCCC1. The molecule has 1 rings (SSSR count). The van der Waals surface area contributed by atoms with E-state index < -0.39 is 0 Å². The van der Waals surface area contributed by atoms with Crippen LogP contribution in [0.25, 0.3) is 0 Å². The zero-order chi connectivity index (χ0) is 20.1. The molecule has 0 heterocycles. The molecule has 1 aliphatic carbocycles. The van der Waals surface area contributed by atoms with Crippen molar-refractivity contribution in [1.82, 2.24) is 0 Å². The third kappa shape index (κ3) is 17.0. The number of rotatable bonds is 0. The highest BCUT2D eigenvalue weighted by Gasteiger charge is 1.99. The fourth-order valence-electron chi connectivity index (χ4n) is 3.84. The average molecular weight is 389 g/mol. The van der Waals surface area contributed by atoms with Gasteiger partial charge in [0.1, 0.15) is 0 Å². The Kier molecular flexibility index (Phi) is 17.0. The van der Waals surface area contributed by atoms with Gasteiger partial charge in [-0.1, -0.05) is 89.2 Å². The molecule has 0 aromatic carbocycles. The molecule has 0 saturated carbocycles. The molecule has 2 heteroatoms. The molecule has 0 N–H and O–H groups in total. The molecule has 0 aromatic heterocycles. The molecule has 1 aliphatic rings. The van der Waals surface area contributed by atoms with E-state index in [1.54, 1.807) is 0 Å². The Morgan fingerprint density at radius 3 is 1.04 bits per heavy atom. The lowest BCUT2D eigenvalue weighted by atomic mass is 10.0. The average Bonchev–Trinajstić information content (AvgIpc) is 2.69. The van der Waals surface area contributed by atoms with Crippen LogP contribution >= 0.6 is 0 Å². The topological polar surface area (TPSA) is 34.1 Å². The second kappa shape index (κ2) is 19.2. The van der Waals surface area contributed by atoms with E-state index >= 15 is 0 Å². The largest absolute Gasteiger partial charge is 0.295 e. The maximum Gasteiger partial charge on any atom is 0.155 e. The van der Waals surface area contributed by atoms with Crippen molar-refractivity contribution in [2.45, 2.75) is 128 Å². The highest BCUT2D eigenvalue weighted by molar-refractivity contribution is 5.89. The van der Waals surface area contributed by atoms with Crippen molar-refractivity contribution in [2.75, 3.05) is 0 Å². The van der Waals surface area contributed by atoms with E-state index in [2.05, 4.69) is 12.2 Å². The van der Waals surface area contributed by atoms with Crippen LogP contribution in [0.1, 0.15) is 128 Å². The van der Waals surface area contributed by atoms with Crippen molar-refractivity contribution in [3.05, 3.63) is 24.3 Å². The number of hydrogen-bond donors (Lipinski definition) is 0. The van der Waals surface area contributed by atoms with Crippen LogP contribution < -0.4 is 0 Å². The van der Waals surface area contributed by atoms with Crippen LogP contribution in [-0.2, 0) is 9.59 Å². The maximum atomic E-state index is 11.9. The summed E-state index contributed by atoms with van der Waals surface area (Å²) < 4.78 is 0. The van der Waals surface area contributed by atoms with E-state index in [0.717, 1.165) is 25.7 Å². The highest BCUT2D eigenvalue weighted by Crippen LogP contribution is 2.13. The normalized spacial score (nSPS) is 24.4. The standard InChI is InChI=1S/C26H44O2/c27-25-21-17-13-9-5-3-1-2-4-6-10-14-18-22-26(28)24-20-16-12-8-7-11-15-19-23-25/h17-18,21-22H,1-16,19-20,23-24H2/b21-17-,22-18-. The van der Waals surface area contributed by atoms with Gasteiger partial charge in [0.25, 0.3) is 0 Å². The van der Waals surface area contributed by atoms with Crippen LogP contribution in [0.2, 0.25) is 0 Å². The zero-order valence-corrected chi connectivity index (χ0v) is 18.3. The Bertz CT molecular complexity index is 405. The first-order valence-corrected chi connectivity index (χ1v) is 12.2. The Balaban J connectivity index is 2.22. The fourth-order valence-corrected chi connectivity index (χ4v) is 3.84. The molecule has 0 bridgehead atoms. The Labute approximate surface area is 174 Å². The summed E-state index contributed by atoms with van der Waals surface area (Å²) in [6.45, 7) is 0. The van der Waals surface area contributed by atoms with Gasteiger partial charge in [-0.3, -0.25) is 9.59 Å². The van der Waals surface area contributed by atoms with Gasteiger partial charge in [-0.2, -0.15) is 0 Å². The van der Waals surface area contributed by atoms with Gasteiger partial charge in [0, 0.05) is 12.8 Å². The Morgan fingerprint density at radius 1 is 0.393 bits per heavy atom. The smallest absolute Gasteiger partial charge is 0.155 e. The van der Waals surface area contributed by atoms with Crippen molar-refractivity contribution in [3.8, 4) is 0 Å². The zero-order valence-electron chi connectivity index (χ0n) is 18.3. The summed E-state index contributed by atoms with van der Waals surface area (Å²) in [5, 5.41) is 0. The van der Waals surface area contributed by atoms with Crippen LogP contribution in [0.3, 0.4) is 0 Å². The van der Waals surface area contributed by atoms with E-state index in [1.807, 2.05) is 12.2 Å². The summed E-state index contributed by atoms with van der Waals surface area (Å²) in [5.41, 5.74) is 0. The minimum absolute atomic E-state index is 0.306. The molecule has 0 saturated heterocycles. The summed E-state index contributed by atoms with van der Waals surface area (Å²) in [4.78, 5) is 23.7. The van der Waals surface area contributed by atoms with Gasteiger partial charge in [0.2, 0.25) is 0 Å². The lowest BCUT2D eigenvalue weighted by Crippen LogP contribution is -1.93. The molecule has 0 radical (unpaired) electrons. The first kappa shape index (κ1) is 24.9. The molecular formula is C26H44O2. The molecule has 28 heavy (non-hydrogen) atoms. The maximum absolute atomic E-state index is 11.9. The van der Waals surface area contributed by atoms with Crippen LogP contribution in [0, 0.1) is 0 Å². The highest BCUT2D eigenvalue weighted by atomic mass is 16.1. The molecule has 0 aromatic rings. The molecule has 0 atom stereocenters. The molecule has 2 nitrogen and oxygen atoms in total. The van der Waals surface area contributed by atoms with Gasteiger partial charge in [-0.25, -0.2) is 0 Å². The summed E-state index contributed by atoms with van der Waals surface area (Å²) >= 11 is 0. The molecule has 160 valence electrons. The molecule has 0 unspecified atom stereocenters. The van der Waals surface area contributed by atoms with Crippen LogP contribution in [0.4, 0.5) is 0 Å². The monoisotopic (exact) mass is 388 g/mol. The van der Waals surface area contributed by atoms with Crippen molar-refractivity contribution in [3.63, 3.8) is 0 Å². The van der Waals surface area contributed by atoms with Crippen LogP contribution in [-0.4, -0.2) is 11.6 Å². The molecular weight excluding hydrogens is 344 g/mol.